The molecule has 6 nitrogen and oxygen atoms in total. The molecule has 0 aromatic heterocycles. The van der Waals surface area contributed by atoms with Gasteiger partial charge >= 0.3 is 6.09 Å². The van der Waals surface area contributed by atoms with Crippen molar-refractivity contribution in [3.05, 3.63) is 29.2 Å². The van der Waals surface area contributed by atoms with Crippen LogP contribution in [0.5, 0.6) is 5.75 Å². The second-order valence-corrected chi connectivity index (χ2v) is 2.12. The molecule has 1 aromatic rings. The maximum absolute atomic E-state index is 10.6. The van der Waals surface area contributed by atoms with Crippen LogP contribution in [0.15, 0.2) is 29.4 Å². The molecular formula is C7H7N3O3. The molecule has 0 aliphatic rings. The fraction of sp³-hybridized carbons (Fsp3) is 0. The number of nitrogens with zero attached hydrogens (tertiary/aromatic N) is 1. The van der Waals surface area contributed by atoms with Gasteiger partial charge in [-0.25, -0.2) is 10.6 Å². The van der Waals surface area contributed by atoms with Crippen LogP contribution in [0.4, 0.5) is 10.5 Å². The molecule has 0 heterocycles. The minimum absolute atomic E-state index is 0.264. The first-order valence-electron chi connectivity index (χ1n) is 3.38. The van der Waals surface area contributed by atoms with Gasteiger partial charge in [-0.2, -0.15) is 0 Å². The van der Waals surface area contributed by atoms with Gasteiger partial charge < -0.3 is 4.74 Å². The Bertz CT molecular complexity index is 309. The number of hydrogen-bond donors (Lipinski definition) is 2. The van der Waals surface area contributed by atoms with E-state index < -0.39 is 6.09 Å². The molecule has 0 fully saturated rings. The summed E-state index contributed by atoms with van der Waals surface area (Å²) in [5.74, 6) is 5.07. The second-order valence-electron chi connectivity index (χ2n) is 2.12. The standard InChI is InChI=1S/C7H7N3O3/c8-9-7(11)13-6-3-1-5(10-12)2-4-6/h1-4H,8H2,(H,9,11). The van der Waals surface area contributed by atoms with Gasteiger partial charge in [0.25, 0.3) is 0 Å². The lowest BCUT2D eigenvalue weighted by molar-refractivity contribution is 0.200. The maximum atomic E-state index is 10.6. The van der Waals surface area contributed by atoms with Crippen LogP contribution in [0.1, 0.15) is 0 Å². The first-order chi connectivity index (χ1) is 6.26. The van der Waals surface area contributed by atoms with Crippen molar-refractivity contribution in [2.24, 2.45) is 11.0 Å². The van der Waals surface area contributed by atoms with Crippen molar-refractivity contribution in [1.82, 2.24) is 5.43 Å². The molecule has 1 rings (SSSR count). The molecule has 13 heavy (non-hydrogen) atoms. The van der Waals surface area contributed by atoms with Crippen LogP contribution in [-0.4, -0.2) is 6.09 Å². The number of nitrogens with two attached hydrogens (primary N) is 1. The van der Waals surface area contributed by atoms with Crippen molar-refractivity contribution in [1.29, 1.82) is 0 Å². The Morgan fingerprint density at radius 1 is 1.38 bits per heavy atom. The number of ether oxygens (including phenoxy) is 1. The van der Waals surface area contributed by atoms with E-state index in [2.05, 4.69) is 9.91 Å². The topological polar surface area (TPSA) is 93.8 Å². The Morgan fingerprint density at radius 2 is 2.00 bits per heavy atom. The summed E-state index contributed by atoms with van der Waals surface area (Å²) < 4.78 is 4.64. The highest BCUT2D eigenvalue weighted by molar-refractivity contribution is 5.69. The zero-order valence-corrected chi connectivity index (χ0v) is 6.56. The van der Waals surface area contributed by atoms with Crippen molar-refractivity contribution >= 4 is 11.8 Å². The molecule has 1 aromatic carbocycles. The molecular weight excluding hydrogens is 174 g/mol. The Morgan fingerprint density at radius 3 is 2.46 bits per heavy atom. The first kappa shape index (κ1) is 9.14. The molecule has 0 radical (unpaired) electrons. The van der Waals surface area contributed by atoms with Crippen LogP contribution in [0.2, 0.25) is 0 Å². The largest absolute Gasteiger partial charge is 0.426 e. The number of rotatable bonds is 2. The Labute approximate surface area is 73.6 Å². The second kappa shape index (κ2) is 4.17. The Kier molecular flexibility index (Phi) is 2.93. The number of hydrazine groups is 1. The summed E-state index contributed by atoms with van der Waals surface area (Å²) in [5.41, 5.74) is 2.06. The third-order valence-corrected chi connectivity index (χ3v) is 1.27. The molecule has 0 atom stereocenters. The molecule has 0 bridgehead atoms. The van der Waals surface area contributed by atoms with Crippen molar-refractivity contribution in [2.45, 2.75) is 0 Å². The number of nitroso groups, excluding NO2 is 1. The van der Waals surface area contributed by atoms with Gasteiger partial charge in [0.15, 0.2) is 0 Å². The molecule has 0 spiro atoms. The molecule has 1 amide bonds. The zero-order valence-electron chi connectivity index (χ0n) is 6.56. The Balaban J connectivity index is 2.69. The number of nitrogens with one attached hydrogen (secondary N) is 1. The summed E-state index contributed by atoms with van der Waals surface area (Å²) in [7, 11) is 0. The number of hydrogen-bond acceptors (Lipinski definition) is 5. The summed E-state index contributed by atoms with van der Waals surface area (Å²) in [6.07, 6.45) is -0.771. The predicted molar refractivity (Wildman–Crippen MR) is 45.2 cm³/mol. The highest BCUT2D eigenvalue weighted by Gasteiger charge is 2.00. The predicted octanol–water partition coefficient (Wildman–Crippen LogP) is 1.05. The van der Waals surface area contributed by atoms with Crippen molar-refractivity contribution in [3.8, 4) is 5.75 Å². The number of carbonyl (C=O) groups is 1. The fourth-order valence-electron chi connectivity index (χ4n) is 0.712. The monoisotopic (exact) mass is 181 g/mol. The van der Waals surface area contributed by atoms with Crippen LogP contribution in [0.3, 0.4) is 0 Å². The van der Waals surface area contributed by atoms with Gasteiger partial charge in [0.05, 0.1) is 0 Å². The van der Waals surface area contributed by atoms with Gasteiger partial charge in [-0.05, 0) is 29.4 Å². The third-order valence-electron chi connectivity index (χ3n) is 1.27. The van der Waals surface area contributed by atoms with E-state index in [1.54, 1.807) is 5.43 Å². The minimum atomic E-state index is -0.771. The van der Waals surface area contributed by atoms with E-state index in [1.807, 2.05) is 0 Å². The number of carbonyl (C=O) groups excluding carboxylic acids is 1. The molecule has 0 aliphatic heterocycles. The molecule has 0 aliphatic carbocycles. The SMILES string of the molecule is NNC(=O)Oc1ccc(N=O)cc1. The number of benzene rings is 1. The van der Waals surface area contributed by atoms with E-state index in [0.29, 0.717) is 0 Å². The van der Waals surface area contributed by atoms with Crippen molar-refractivity contribution in [2.75, 3.05) is 0 Å². The van der Waals surface area contributed by atoms with Gasteiger partial charge in [0, 0.05) is 0 Å². The lowest BCUT2D eigenvalue weighted by atomic mass is 10.3. The summed E-state index contributed by atoms with van der Waals surface area (Å²) in [6, 6.07) is 5.72. The van der Waals surface area contributed by atoms with E-state index in [-0.39, 0.29) is 11.4 Å². The van der Waals surface area contributed by atoms with Crippen LogP contribution in [0, 0.1) is 4.91 Å². The summed E-state index contributed by atoms with van der Waals surface area (Å²) >= 11 is 0. The van der Waals surface area contributed by atoms with E-state index in [4.69, 9.17) is 5.84 Å². The maximum Gasteiger partial charge on any atom is 0.426 e. The van der Waals surface area contributed by atoms with Crippen LogP contribution >= 0.6 is 0 Å². The average molecular weight is 181 g/mol. The lowest BCUT2D eigenvalue weighted by Gasteiger charge is -2.01. The highest BCUT2D eigenvalue weighted by Crippen LogP contribution is 2.17. The van der Waals surface area contributed by atoms with E-state index in [0.717, 1.165) is 0 Å². The normalized spacial score (nSPS) is 9.00. The molecule has 0 saturated carbocycles. The zero-order chi connectivity index (χ0) is 9.68. The average Bonchev–Trinajstić information content (AvgIpc) is 2.19. The summed E-state index contributed by atoms with van der Waals surface area (Å²) in [4.78, 5) is 20.6. The van der Waals surface area contributed by atoms with Crippen LogP contribution < -0.4 is 16.0 Å². The first-order valence-corrected chi connectivity index (χ1v) is 3.38. The molecule has 0 saturated heterocycles. The lowest BCUT2D eigenvalue weighted by Crippen LogP contribution is -2.32. The molecule has 6 heteroatoms. The summed E-state index contributed by atoms with van der Waals surface area (Å²) in [6.45, 7) is 0. The quantitative estimate of drug-likeness (QED) is 0.308. The van der Waals surface area contributed by atoms with Gasteiger partial charge in [-0.15, -0.1) is 4.91 Å². The van der Waals surface area contributed by atoms with Crippen LogP contribution in [0.25, 0.3) is 0 Å². The molecule has 68 valence electrons. The fourth-order valence-corrected chi connectivity index (χ4v) is 0.712. The molecule has 3 N–H and O–H groups in total. The van der Waals surface area contributed by atoms with E-state index in [9.17, 15) is 9.70 Å². The van der Waals surface area contributed by atoms with E-state index >= 15 is 0 Å². The van der Waals surface area contributed by atoms with E-state index in [1.165, 1.54) is 24.3 Å². The number of amides is 1. The highest BCUT2D eigenvalue weighted by atomic mass is 16.6. The Hall–Kier alpha value is -1.95. The van der Waals surface area contributed by atoms with Crippen molar-refractivity contribution < 1.29 is 9.53 Å². The van der Waals surface area contributed by atoms with Gasteiger partial charge in [0.2, 0.25) is 0 Å². The smallest absolute Gasteiger partial charge is 0.409 e. The van der Waals surface area contributed by atoms with Gasteiger partial charge in [0.1, 0.15) is 11.4 Å². The summed E-state index contributed by atoms with van der Waals surface area (Å²) in [5, 5.41) is 2.68. The third kappa shape index (κ3) is 2.53. The van der Waals surface area contributed by atoms with Gasteiger partial charge in [-0.1, -0.05) is 0 Å². The van der Waals surface area contributed by atoms with Crippen LogP contribution in [-0.2, 0) is 0 Å². The van der Waals surface area contributed by atoms with Gasteiger partial charge in [-0.3, -0.25) is 5.43 Å². The van der Waals surface area contributed by atoms with Crippen molar-refractivity contribution in [3.63, 3.8) is 0 Å². The molecule has 0 unspecified atom stereocenters. The minimum Gasteiger partial charge on any atom is -0.409 e.